The van der Waals surface area contributed by atoms with Crippen LogP contribution in [0.1, 0.15) is 25.3 Å². The maximum atomic E-state index is 12.9. The Morgan fingerprint density at radius 3 is 2.52 bits per heavy atom. The van der Waals surface area contributed by atoms with E-state index < -0.39 is 29.6 Å². The Morgan fingerprint density at radius 2 is 1.96 bits per heavy atom. The summed E-state index contributed by atoms with van der Waals surface area (Å²) in [5, 5.41) is 13.5. The number of benzene rings is 1. The monoisotopic (exact) mass is 319 g/mol. The van der Waals surface area contributed by atoms with Crippen LogP contribution in [0, 0.1) is 5.82 Å². The fraction of sp³-hybridized carbons (Fsp3) is 0.312. The highest BCUT2D eigenvalue weighted by Gasteiger charge is 2.31. The van der Waals surface area contributed by atoms with Crippen molar-refractivity contribution >= 4 is 23.9 Å². The first kappa shape index (κ1) is 16.7. The maximum absolute atomic E-state index is 12.9. The average molecular weight is 319 g/mol. The Morgan fingerprint density at radius 1 is 1.30 bits per heavy atom. The van der Waals surface area contributed by atoms with Gasteiger partial charge in [0.15, 0.2) is 0 Å². The van der Waals surface area contributed by atoms with Crippen LogP contribution in [0.15, 0.2) is 30.0 Å². The van der Waals surface area contributed by atoms with E-state index in [2.05, 4.69) is 5.32 Å². The fourth-order valence-corrected chi connectivity index (χ4v) is 2.48. The zero-order valence-electron chi connectivity index (χ0n) is 12.5. The van der Waals surface area contributed by atoms with Gasteiger partial charge in [-0.05, 0) is 36.6 Å². The van der Waals surface area contributed by atoms with Crippen LogP contribution in [0.2, 0.25) is 0 Å². The van der Waals surface area contributed by atoms with E-state index in [0.717, 1.165) is 0 Å². The van der Waals surface area contributed by atoms with Crippen molar-refractivity contribution in [1.82, 2.24) is 10.2 Å². The molecule has 1 fully saturated rings. The van der Waals surface area contributed by atoms with Gasteiger partial charge < -0.3 is 20.1 Å². The number of amides is 2. The summed E-state index contributed by atoms with van der Waals surface area (Å²) >= 11 is 0. The summed E-state index contributed by atoms with van der Waals surface area (Å²) < 4.78 is 12.9. The SMILES string of the molecule is CC(=O)N/C(=C\c1ccc(F)cc1)C(=O)N1CCC[C@H]1C(=O)[O-]. The highest BCUT2D eigenvalue weighted by atomic mass is 19.1. The lowest BCUT2D eigenvalue weighted by Crippen LogP contribution is -2.48. The number of carbonyl (C=O) groups excluding carboxylic acids is 3. The van der Waals surface area contributed by atoms with E-state index in [4.69, 9.17) is 0 Å². The number of hydrogen-bond acceptors (Lipinski definition) is 4. The van der Waals surface area contributed by atoms with Gasteiger partial charge >= 0.3 is 0 Å². The molecule has 0 radical (unpaired) electrons. The van der Waals surface area contributed by atoms with Gasteiger partial charge in [0, 0.05) is 13.5 Å². The number of carbonyl (C=O) groups is 3. The number of nitrogens with zero attached hydrogens (tertiary/aromatic N) is 1. The lowest BCUT2D eigenvalue weighted by Gasteiger charge is -2.26. The summed E-state index contributed by atoms with van der Waals surface area (Å²) in [6.07, 6.45) is 2.25. The molecule has 1 saturated heterocycles. The predicted molar refractivity (Wildman–Crippen MR) is 77.9 cm³/mol. The normalized spacial score (nSPS) is 17.9. The molecule has 122 valence electrons. The molecule has 1 N–H and O–H groups in total. The molecule has 1 aliphatic rings. The highest BCUT2D eigenvalue weighted by molar-refractivity contribution is 6.02. The number of hydrogen-bond donors (Lipinski definition) is 1. The molecule has 0 saturated carbocycles. The van der Waals surface area contributed by atoms with Gasteiger partial charge in [0.25, 0.3) is 5.91 Å². The van der Waals surface area contributed by atoms with Gasteiger partial charge in [-0.2, -0.15) is 0 Å². The van der Waals surface area contributed by atoms with Gasteiger partial charge in [-0.3, -0.25) is 9.59 Å². The lowest BCUT2D eigenvalue weighted by atomic mass is 10.1. The van der Waals surface area contributed by atoms with E-state index in [1.54, 1.807) is 0 Å². The maximum Gasteiger partial charge on any atom is 0.270 e. The molecule has 6 nitrogen and oxygen atoms in total. The molecule has 0 spiro atoms. The molecule has 1 aliphatic heterocycles. The van der Waals surface area contributed by atoms with Crippen molar-refractivity contribution < 1.29 is 23.9 Å². The lowest BCUT2D eigenvalue weighted by molar-refractivity contribution is -0.310. The first-order valence-electron chi connectivity index (χ1n) is 7.15. The number of likely N-dealkylation sites (tertiary alicyclic amines) is 1. The Hall–Kier alpha value is -2.70. The van der Waals surface area contributed by atoms with Crippen LogP contribution in [-0.4, -0.2) is 35.3 Å². The van der Waals surface area contributed by atoms with Crippen LogP contribution in [0.5, 0.6) is 0 Å². The highest BCUT2D eigenvalue weighted by Crippen LogP contribution is 2.19. The first-order valence-corrected chi connectivity index (χ1v) is 7.15. The second-order valence-corrected chi connectivity index (χ2v) is 5.27. The molecule has 2 amide bonds. The van der Waals surface area contributed by atoms with Crippen LogP contribution in [0.25, 0.3) is 6.08 Å². The molecule has 23 heavy (non-hydrogen) atoms. The molecule has 0 bridgehead atoms. The molecule has 0 unspecified atom stereocenters. The minimum atomic E-state index is -1.32. The fourth-order valence-electron chi connectivity index (χ4n) is 2.48. The largest absolute Gasteiger partial charge is 0.548 e. The van der Waals surface area contributed by atoms with Crippen LogP contribution < -0.4 is 10.4 Å². The van der Waals surface area contributed by atoms with Gasteiger partial charge in [0.05, 0.1) is 12.0 Å². The van der Waals surface area contributed by atoms with Crippen molar-refractivity contribution in [3.05, 3.63) is 41.3 Å². The van der Waals surface area contributed by atoms with Crippen LogP contribution >= 0.6 is 0 Å². The van der Waals surface area contributed by atoms with Crippen molar-refractivity contribution in [3.8, 4) is 0 Å². The molecule has 1 atom stereocenters. The summed E-state index contributed by atoms with van der Waals surface area (Å²) in [5.41, 5.74) is 0.449. The molecular formula is C16H16FN2O4-. The number of rotatable bonds is 4. The van der Waals surface area contributed by atoms with E-state index >= 15 is 0 Å². The quantitative estimate of drug-likeness (QED) is 0.794. The summed E-state index contributed by atoms with van der Waals surface area (Å²) in [6.45, 7) is 1.52. The number of halogens is 1. The standard InChI is InChI=1S/C16H17FN2O4/c1-10(20)18-13(9-11-4-6-12(17)7-5-11)15(21)19-8-2-3-14(19)16(22)23/h4-7,9,14H,2-3,8H2,1H3,(H,18,20)(H,22,23)/p-1/b13-9-/t14-/m0/s1. The van der Waals surface area contributed by atoms with Crippen molar-refractivity contribution in [2.45, 2.75) is 25.8 Å². The molecule has 7 heteroatoms. The number of carboxylic acids is 1. The van der Waals surface area contributed by atoms with Crippen LogP contribution in [0.3, 0.4) is 0 Å². The van der Waals surface area contributed by atoms with E-state index in [-0.39, 0.29) is 12.2 Å². The summed E-state index contributed by atoms with van der Waals surface area (Å²) in [5.74, 6) is -2.81. The van der Waals surface area contributed by atoms with E-state index in [0.29, 0.717) is 18.4 Å². The summed E-state index contributed by atoms with van der Waals surface area (Å²) in [4.78, 5) is 36.1. The minimum absolute atomic E-state index is 0.0581. The Labute approximate surface area is 132 Å². The number of carboxylic acid groups (broad SMARTS) is 1. The van der Waals surface area contributed by atoms with Crippen LogP contribution in [0.4, 0.5) is 4.39 Å². The van der Waals surface area contributed by atoms with E-state index in [1.807, 2.05) is 0 Å². The zero-order chi connectivity index (χ0) is 17.0. The van der Waals surface area contributed by atoms with Gasteiger partial charge in [-0.25, -0.2) is 4.39 Å². The Kier molecular flexibility index (Phi) is 5.10. The molecule has 1 aromatic carbocycles. The Bertz CT molecular complexity index is 655. The van der Waals surface area contributed by atoms with Gasteiger partial charge in [-0.15, -0.1) is 0 Å². The second kappa shape index (κ2) is 7.04. The van der Waals surface area contributed by atoms with E-state index in [9.17, 15) is 23.9 Å². The molecule has 0 aliphatic carbocycles. The van der Waals surface area contributed by atoms with Crippen molar-refractivity contribution in [3.63, 3.8) is 0 Å². The molecule has 2 rings (SSSR count). The molecule has 1 aromatic rings. The third kappa shape index (κ3) is 4.15. The summed E-state index contributed by atoms with van der Waals surface area (Å²) in [7, 11) is 0. The summed E-state index contributed by atoms with van der Waals surface area (Å²) in [6, 6.07) is 4.34. The third-order valence-electron chi connectivity index (χ3n) is 3.51. The van der Waals surface area contributed by atoms with Crippen LogP contribution in [-0.2, 0) is 14.4 Å². The number of nitrogens with one attached hydrogen (secondary N) is 1. The van der Waals surface area contributed by atoms with Crippen molar-refractivity contribution in [2.24, 2.45) is 0 Å². The van der Waals surface area contributed by atoms with E-state index in [1.165, 1.54) is 42.2 Å². The van der Waals surface area contributed by atoms with Gasteiger partial charge in [-0.1, -0.05) is 12.1 Å². The zero-order valence-corrected chi connectivity index (χ0v) is 12.5. The van der Waals surface area contributed by atoms with Crippen molar-refractivity contribution in [2.75, 3.05) is 6.54 Å². The predicted octanol–water partition coefficient (Wildman–Crippen LogP) is 0.0436. The molecule has 0 aromatic heterocycles. The third-order valence-corrected chi connectivity index (χ3v) is 3.51. The first-order chi connectivity index (χ1) is 10.9. The average Bonchev–Trinajstić information content (AvgIpc) is 2.97. The van der Waals surface area contributed by atoms with Crippen molar-refractivity contribution in [1.29, 1.82) is 0 Å². The second-order valence-electron chi connectivity index (χ2n) is 5.27. The van der Waals surface area contributed by atoms with Gasteiger partial charge in [0.2, 0.25) is 5.91 Å². The van der Waals surface area contributed by atoms with Gasteiger partial charge in [0.1, 0.15) is 11.5 Å². The number of aliphatic carboxylic acids is 1. The molecule has 1 heterocycles. The minimum Gasteiger partial charge on any atom is -0.548 e. The smallest absolute Gasteiger partial charge is 0.270 e. The topological polar surface area (TPSA) is 89.5 Å². The molecular weight excluding hydrogens is 303 g/mol. The Balaban J connectivity index is 2.30.